The average molecular weight is 269 g/mol. The second-order valence-electron chi connectivity index (χ2n) is 6.43. The minimum atomic E-state index is -0.110. The molecule has 0 aromatic heterocycles. The van der Waals surface area contributed by atoms with E-state index in [0.717, 1.165) is 19.5 Å². The van der Waals surface area contributed by atoms with Crippen LogP contribution >= 0.6 is 0 Å². The molecular weight excluding hydrogens is 238 g/mol. The van der Waals surface area contributed by atoms with Gasteiger partial charge in [0.25, 0.3) is 0 Å². The summed E-state index contributed by atoms with van der Waals surface area (Å²) < 4.78 is 0. The molecule has 0 radical (unpaired) electrons. The minimum absolute atomic E-state index is 0.0616. The van der Waals surface area contributed by atoms with E-state index in [1.165, 1.54) is 25.9 Å². The zero-order chi connectivity index (χ0) is 14.5. The second-order valence-corrected chi connectivity index (χ2v) is 6.43. The van der Waals surface area contributed by atoms with Gasteiger partial charge in [-0.2, -0.15) is 0 Å². The standard InChI is InChI=1S/C15H31N3O/c1-6-15(3,4)16-14(19)13(2)17(5)11-12-18-9-7-8-10-18/h13H,6-12H2,1-5H3,(H,16,19)/t13-/m1/s1. The van der Waals surface area contributed by atoms with Crippen LogP contribution in [0.3, 0.4) is 0 Å². The van der Waals surface area contributed by atoms with E-state index in [9.17, 15) is 4.79 Å². The van der Waals surface area contributed by atoms with E-state index in [-0.39, 0.29) is 17.5 Å². The predicted octanol–water partition coefficient (Wildman–Crippen LogP) is 1.71. The summed E-state index contributed by atoms with van der Waals surface area (Å²) in [5, 5.41) is 3.12. The molecule has 4 heteroatoms. The van der Waals surface area contributed by atoms with Gasteiger partial charge < -0.3 is 10.2 Å². The molecule has 1 saturated heterocycles. The monoisotopic (exact) mass is 269 g/mol. The number of amides is 1. The van der Waals surface area contributed by atoms with Gasteiger partial charge in [0.1, 0.15) is 0 Å². The molecule has 112 valence electrons. The molecule has 4 nitrogen and oxygen atoms in total. The summed E-state index contributed by atoms with van der Waals surface area (Å²) in [5.74, 6) is 0.135. The molecule has 1 aliphatic rings. The summed E-state index contributed by atoms with van der Waals surface area (Å²) >= 11 is 0. The van der Waals surface area contributed by atoms with Gasteiger partial charge in [0, 0.05) is 18.6 Å². The molecule has 0 aliphatic carbocycles. The molecule has 0 unspecified atom stereocenters. The lowest BCUT2D eigenvalue weighted by Gasteiger charge is -2.31. The van der Waals surface area contributed by atoms with Crippen LogP contribution in [0.1, 0.15) is 47.0 Å². The first-order valence-electron chi connectivity index (χ1n) is 7.60. The van der Waals surface area contributed by atoms with Crippen LogP contribution in [0.5, 0.6) is 0 Å². The molecule has 19 heavy (non-hydrogen) atoms. The number of hydrogen-bond acceptors (Lipinski definition) is 3. The number of nitrogens with one attached hydrogen (secondary N) is 1. The Bertz CT molecular complexity index is 285. The smallest absolute Gasteiger partial charge is 0.237 e. The van der Waals surface area contributed by atoms with E-state index < -0.39 is 0 Å². The summed E-state index contributed by atoms with van der Waals surface area (Å²) in [6.07, 6.45) is 3.60. The van der Waals surface area contributed by atoms with E-state index >= 15 is 0 Å². The SMILES string of the molecule is CCC(C)(C)NC(=O)[C@@H](C)N(C)CCN1CCCC1. The molecule has 1 aliphatic heterocycles. The summed E-state index contributed by atoms with van der Waals surface area (Å²) in [5.41, 5.74) is -0.110. The fourth-order valence-electron chi connectivity index (χ4n) is 2.23. The van der Waals surface area contributed by atoms with E-state index in [2.05, 4.69) is 35.9 Å². The van der Waals surface area contributed by atoms with Gasteiger partial charge >= 0.3 is 0 Å². The zero-order valence-corrected chi connectivity index (χ0v) is 13.3. The van der Waals surface area contributed by atoms with Gasteiger partial charge in [0.05, 0.1) is 6.04 Å². The number of likely N-dealkylation sites (tertiary alicyclic amines) is 1. The first-order valence-corrected chi connectivity index (χ1v) is 7.60. The highest BCUT2D eigenvalue weighted by atomic mass is 16.2. The number of likely N-dealkylation sites (N-methyl/N-ethyl adjacent to an activating group) is 1. The van der Waals surface area contributed by atoms with Crippen molar-refractivity contribution in [3.63, 3.8) is 0 Å². The quantitative estimate of drug-likeness (QED) is 0.764. The maximum Gasteiger partial charge on any atom is 0.237 e. The highest BCUT2D eigenvalue weighted by Crippen LogP contribution is 2.09. The van der Waals surface area contributed by atoms with Crippen molar-refractivity contribution in [1.82, 2.24) is 15.1 Å². The molecule has 1 N–H and O–H groups in total. The Labute approximate surface area is 118 Å². The van der Waals surface area contributed by atoms with Crippen LogP contribution in [0.4, 0.5) is 0 Å². The maximum absolute atomic E-state index is 12.2. The van der Waals surface area contributed by atoms with Gasteiger partial charge in [-0.3, -0.25) is 9.69 Å². The van der Waals surface area contributed by atoms with Crippen LogP contribution < -0.4 is 5.32 Å². The number of hydrogen-bond donors (Lipinski definition) is 1. The average Bonchev–Trinajstić information content (AvgIpc) is 2.87. The van der Waals surface area contributed by atoms with E-state index in [1.54, 1.807) is 0 Å². The largest absolute Gasteiger partial charge is 0.350 e. The normalized spacial score (nSPS) is 18.8. The molecule has 1 heterocycles. The van der Waals surface area contributed by atoms with Gasteiger partial charge in [0.2, 0.25) is 5.91 Å². The number of carbonyl (C=O) groups is 1. The fourth-order valence-corrected chi connectivity index (χ4v) is 2.23. The Morgan fingerprint density at radius 2 is 1.95 bits per heavy atom. The van der Waals surface area contributed by atoms with Gasteiger partial charge in [0.15, 0.2) is 0 Å². The lowest BCUT2D eigenvalue weighted by Crippen LogP contribution is -2.52. The summed E-state index contributed by atoms with van der Waals surface area (Å²) in [7, 11) is 2.04. The van der Waals surface area contributed by atoms with Gasteiger partial charge in [-0.15, -0.1) is 0 Å². The lowest BCUT2D eigenvalue weighted by atomic mass is 10.0. The number of rotatable bonds is 7. The van der Waals surface area contributed by atoms with E-state index in [4.69, 9.17) is 0 Å². The van der Waals surface area contributed by atoms with Crippen LogP contribution in [-0.2, 0) is 4.79 Å². The third-order valence-electron chi connectivity index (χ3n) is 4.35. The Morgan fingerprint density at radius 1 is 1.37 bits per heavy atom. The summed E-state index contributed by atoms with van der Waals surface area (Å²) in [4.78, 5) is 16.8. The number of nitrogens with zero attached hydrogens (tertiary/aromatic N) is 2. The molecular formula is C15H31N3O. The first-order chi connectivity index (χ1) is 8.85. The summed E-state index contributed by atoms with van der Waals surface area (Å²) in [6, 6.07) is -0.0616. The molecule has 0 saturated carbocycles. The van der Waals surface area contributed by atoms with Crippen LogP contribution in [-0.4, -0.2) is 60.5 Å². The van der Waals surface area contributed by atoms with E-state index in [1.807, 2.05) is 14.0 Å². The Kier molecular flexibility index (Phi) is 6.27. The third kappa shape index (κ3) is 5.49. The van der Waals surface area contributed by atoms with Crippen molar-refractivity contribution < 1.29 is 4.79 Å². The molecule has 0 aromatic carbocycles. The molecule has 1 fully saturated rings. The second kappa shape index (κ2) is 7.25. The third-order valence-corrected chi connectivity index (χ3v) is 4.35. The van der Waals surface area contributed by atoms with Crippen molar-refractivity contribution in [3.05, 3.63) is 0 Å². The summed E-state index contributed by atoms with van der Waals surface area (Å²) in [6.45, 7) is 12.7. The molecule has 0 bridgehead atoms. The molecule has 1 amide bonds. The van der Waals surface area contributed by atoms with Gasteiger partial charge in [-0.05, 0) is 60.2 Å². The lowest BCUT2D eigenvalue weighted by molar-refractivity contribution is -0.127. The Morgan fingerprint density at radius 3 is 2.47 bits per heavy atom. The van der Waals surface area contributed by atoms with Crippen molar-refractivity contribution in [3.8, 4) is 0 Å². The molecule has 1 rings (SSSR count). The predicted molar refractivity (Wildman–Crippen MR) is 80.3 cm³/mol. The van der Waals surface area contributed by atoms with Gasteiger partial charge in [-0.25, -0.2) is 0 Å². The Hall–Kier alpha value is -0.610. The fraction of sp³-hybridized carbons (Fsp3) is 0.933. The maximum atomic E-state index is 12.2. The van der Waals surface area contributed by atoms with E-state index in [0.29, 0.717) is 0 Å². The van der Waals surface area contributed by atoms with Crippen LogP contribution in [0.15, 0.2) is 0 Å². The molecule has 0 spiro atoms. The van der Waals surface area contributed by atoms with Crippen molar-refractivity contribution in [2.45, 2.75) is 58.5 Å². The highest BCUT2D eigenvalue weighted by molar-refractivity contribution is 5.81. The molecule has 1 atom stereocenters. The minimum Gasteiger partial charge on any atom is -0.350 e. The van der Waals surface area contributed by atoms with Crippen LogP contribution in [0.2, 0.25) is 0 Å². The van der Waals surface area contributed by atoms with Gasteiger partial charge in [-0.1, -0.05) is 6.92 Å². The molecule has 0 aromatic rings. The highest BCUT2D eigenvalue weighted by Gasteiger charge is 2.24. The topological polar surface area (TPSA) is 35.6 Å². The van der Waals surface area contributed by atoms with Crippen molar-refractivity contribution in [2.24, 2.45) is 0 Å². The van der Waals surface area contributed by atoms with Crippen LogP contribution in [0.25, 0.3) is 0 Å². The Balaban J connectivity index is 2.33. The van der Waals surface area contributed by atoms with Crippen molar-refractivity contribution >= 4 is 5.91 Å². The van der Waals surface area contributed by atoms with Crippen LogP contribution in [0, 0.1) is 0 Å². The number of carbonyl (C=O) groups excluding carboxylic acids is 1. The van der Waals surface area contributed by atoms with Crippen molar-refractivity contribution in [1.29, 1.82) is 0 Å². The zero-order valence-electron chi connectivity index (χ0n) is 13.3. The first kappa shape index (κ1) is 16.4. The van der Waals surface area contributed by atoms with Crippen molar-refractivity contribution in [2.75, 3.05) is 33.2 Å².